The summed E-state index contributed by atoms with van der Waals surface area (Å²) in [6.07, 6.45) is 0. The van der Waals surface area contributed by atoms with Gasteiger partial charge in [-0.2, -0.15) is 0 Å². The molecule has 0 spiro atoms. The highest BCUT2D eigenvalue weighted by Gasteiger charge is 2.08. The van der Waals surface area contributed by atoms with E-state index < -0.39 is 0 Å². The predicted molar refractivity (Wildman–Crippen MR) is 65.0 cm³/mol. The Kier molecular flexibility index (Phi) is 2.87. The average molecular weight is 316 g/mol. The number of hydrazine groups is 1. The summed E-state index contributed by atoms with van der Waals surface area (Å²) in [4.78, 5) is 0. The number of nitrogen functional groups attached to an aromatic ring is 1. The van der Waals surface area contributed by atoms with Crippen molar-refractivity contribution in [3.05, 3.63) is 27.3 Å². The first-order valence-electron chi connectivity index (χ1n) is 4.27. The minimum absolute atomic E-state index is 0.209. The standard InChI is InChI=1S/C9H9IN4O/c1-5-2-3-6(4-7(5)10)8-13-14-9(12-11)15-8/h2-4H,11H2,1H3,(H,12,14). The number of anilines is 1. The van der Waals surface area contributed by atoms with Crippen molar-refractivity contribution in [2.45, 2.75) is 6.92 Å². The zero-order valence-electron chi connectivity index (χ0n) is 7.99. The largest absolute Gasteiger partial charge is 0.402 e. The lowest BCUT2D eigenvalue weighted by Crippen LogP contribution is -2.06. The van der Waals surface area contributed by atoms with Crippen LogP contribution in [-0.4, -0.2) is 10.2 Å². The Morgan fingerprint density at radius 3 is 2.80 bits per heavy atom. The zero-order chi connectivity index (χ0) is 10.8. The van der Waals surface area contributed by atoms with Crippen molar-refractivity contribution >= 4 is 28.6 Å². The van der Waals surface area contributed by atoms with Gasteiger partial charge in [-0.05, 0) is 47.2 Å². The van der Waals surface area contributed by atoms with Gasteiger partial charge in [-0.25, -0.2) is 5.84 Å². The van der Waals surface area contributed by atoms with E-state index in [-0.39, 0.29) is 6.01 Å². The number of aryl methyl sites for hydroxylation is 1. The maximum Gasteiger partial charge on any atom is 0.330 e. The minimum atomic E-state index is 0.209. The number of benzene rings is 1. The Labute approximate surface area is 100 Å². The summed E-state index contributed by atoms with van der Waals surface area (Å²) < 4.78 is 6.41. The Balaban J connectivity index is 2.40. The number of rotatable bonds is 2. The maximum atomic E-state index is 5.25. The lowest BCUT2D eigenvalue weighted by Gasteiger charge is -1.99. The average Bonchev–Trinajstić information content (AvgIpc) is 2.70. The van der Waals surface area contributed by atoms with Crippen LogP contribution in [-0.2, 0) is 0 Å². The normalized spacial score (nSPS) is 10.3. The van der Waals surface area contributed by atoms with Crippen molar-refractivity contribution < 1.29 is 4.42 Å². The van der Waals surface area contributed by atoms with Gasteiger partial charge in [0, 0.05) is 9.13 Å². The first-order chi connectivity index (χ1) is 7.20. The van der Waals surface area contributed by atoms with E-state index in [1.807, 2.05) is 25.1 Å². The van der Waals surface area contributed by atoms with Crippen molar-refractivity contribution in [3.8, 4) is 11.5 Å². The molecule has 0 fully saturated rings. The molecule has 0 saturated carbocycles. The van der Waals surface area contributed by atoms with E-state index >= 15 is 0 Å². The second kappa shape index (κ2) is 4.15. The second-order valence-corrected chi connectivity index (χ2v) is 4.18. The molecule has 0 amide bonds. The molecule has 0 aliphatic heterocycles. The van der Waals surface area contributed by atoms with E-state index in [1.165, 1.54) is 5.56 Å². The Morgan fingerprint density at radius 1 is 1.40 bits per heavy atom. The molecule has 5 nitrogen and oxygen atoms in total. The number of halogens is 1. The van der Waals surface area contributed by atoms with Crippen LogP contribution in [0.3, 0.4) is 0 Å². The number of nitrogens with two attached hydrogens (primary N) is 1. The fourth-order valence-electron chi connectivity index (χ4n) is 1.12. The van der Waals surface area contributed by atoms with Gasteiger partial charge in [-0.1, -0.05) is 11.2 Å². The molecule has 6 heteroatoms. The van der Waals surface area contributed by atoms with Gasteiger partial charge in [0.2, 0.25) is 5.89 Å². The predicted octanol–water partition coefficient (Wildman–Crippen LogP) is 1.94. The smallest absolute Gasteiger partial charge is 0.330 e. The lowest BCUT2D eigenvalue weighted by atomic mass is 10.1. The molecule has 0 bridgehead atoms. The molecular weight excluding hydrogens is 307 g/mol. The van der Waals surface area contributed by atoms with Crippen molar-refractivity contribution in [2.24, 2.45) is 5.84 Å². The van der Waals surface area contributed by atoms with Crippen LogP contribution >= 0.6 is 22.6 Å². The molecular formula is C9H9IN4O. The van der Waals surface area contributed by atoms with Gasteiger partial charge in [0.15, 0.2) is 0 Å². The van der Waals surface area contributed by atoms with Crippen molar-refractivity contribution in [3.63, 3.8) is 0 Å². The number of hydrogen-bond acceptors (Lipinski definition) is 5. The summed E-state index contributed by atoms with van der Waals surface area (Å²) in [5.41, 5.74) is 4.41. The SMILES string of the molecule is Cc1ccc(-c2nnc(NN)o2)cc1I. The summed E-state index contributed by atoms with van der Waals surface area (Å²) in [5, 5.41) is 7.57. The molecule has 1 aromatic heterocycles. The molecule has 15 heavy (non-hydrogen) atoms. The number of hydrogen-bond donors (Lipinski definition) is 2. The summed E-state index contributed by atoms with van der Waals surface area (Å²) >= 11 is 2.26. The Bertz CT molecular complexity index is 483. The molecule has 0 saturated heterocycles. The van der Waals surface area contributed by atoms with Crippen LogP contribution in [0.5, 0.6) is 0 Å². The third-order valence-corrected chi connectivity index (χ3v) is 3.13. The summed E-state index contributed by atoms with van der Waals surface area (Å²) in [5.74, 6) is 5.61. The van der Waals surface area contributed by atoms with Gasteiger partial charge in [-0.15, -0.1) is 5.10 Å². The molecule has 3 N–H and O–H groups in total. The fraction of sp³-hybridized carbons (Fsp3) is 0.111. The van der Waals surface area contributed by atoms with Crippen LogP contribution in [0.15, 0.2) is 22.6 Å². The third kappa shape index (κ3) is 2.10. The van der Waals surface area contributed by atoms with E-state index in [4.69, 9.17) is 10.3 Å². The zero-order valence-corrected chi connectivity index (χ0v) is 10.1. The topological polar surface area (TPSA) is 77.0 Å². The quantitative estimate of drug-likeness (QED) is 0.503. The van der Waals surface area contributed by atoms with E-state index in [1.54, 1.807) is 0 Å². The van der Waals surface area contributed by atoms with E-state index in [2.05, 4.69) is 38.2 Å². The molecule has 0 unspecified atom stereocenters. The molecule has 1 aromatic carbocycles. The van der Waals surface area contributed by atoms with E-state index in [0.717, 1.165) is 9.13 Å². The van der Waals surface area contributed by atoms with Crippen molar-refractivity contribution in [1.29, 1.82) is 0 Å². The van der Waals surface area contributed by atoms with Gasteiger partial charge in [-0.3, -0.25) is 5.43 Å². The number of nitrogens with zero attached hydrogens (tertiary/aromatic N) is 2. The molecule has 2 rings (SSSR count). The van der Waals surface area contributed by atoms with Gasteiger partial charge in [0.1, 0.15) is 0 Å². The van der Waals surface area contributed by atoms with Gasteiger partial charge >= 0.3 is 6.01 Å². The van der Waals surface area contributed by atoms with Crippen molar-refractivity contribution in [2.75, 3.05) is 5.43 Å². The van der Waals surface area contributed by atoms with Crippen LogP contribution in [0, 0.1) is 10.5 Å². The highest BCUT2D eigenvalue weighted by Crippen LogP contribution is 2.23. The monoisotopic (exact) mass is 316 g/mol. The lowest BCUT2D eigenvalue weighted by molar-refractivity contribution is 0.582. The molecule has 2 aromatic rings. The van der Waals surface area contributed by atoms with Crippen LogP contribution in [0.1, 0.15) is 5.56 Å². The fourth-order valence-corrected chi connectivity index (χ4v) is 1.64. The maximum absolute atomic E-state index is 5.25. The molecule has 0 atom stereocenters. The van der Waals surface area contributed by atoms with Crippen LogP contribution in [0.25, 0.3) is 11.5 Å². The van der Waals surface area contributed by atoms with Crippen LogP contribution in [0.2, 0.25) is 0 Å². The number of nitrogens with one attached hydrogen (secondary N) is 1. The molecule has 1 heterocycles. The summed E-state index contributed by atoms with van der Waals surface area (Å²) in [7, 11) is 0. The number of aromatic nitrogens is 2. The summed E-state index contributed by atoms with van der Waals surface area (Å²) in [6.45, 7) is 2.05. The second-order valence-electron chi connectivity index (χ2n) is 3.02. The van der Waals surface area contributed by atoms with Crippen molar-refractivity contribution in [1.82, 2.24) is 10.2 Å². The van der Waals surface area contributed by atoms with Crippen LogP contribution < -0.4 is 11.3 Å². The Morgan fingerprint density at radius 2 is 2.20 bits per heavy atom. The Hall–Kier alpha value is -1.15. The van der Waals surface area contributed by atoms with Gasteiger partial charge in [0.25, 0.3) is 0 Å². The summed E-state index contributed by atoms with van der Waals surface area (Å²) in [6, 6.07) is 6.15. The first-order valence-corrected chi connectivity index (χ1v) is 5.35. The highest BCUT2D eigenvalue weighted by atomic mass is 127. The van der Waals surface area contributed by atoms with E-state index in [9.17, 15) is 0 Å². The molecule has 78 valence electrons. The molecule has 0 aliphatic carbocycles. The first kappa shape index (κ1) is 10.4. The van der Waals surface area contributed by atoms with Crippen LogP contribution in [0.4, 0.5) is 6.01 Å². The molecule has 0 aliphatic rings. The minimum Gasteiger partial charge on any atom is -0.402 e. The third-order valence-electron chi connectivity index (χ3n) is 1.97. The van der Waals surface area contributed by atoms with Gasteiger partial charge in [0.05, 0.1) is 0 Å². The van der Waals surface area contributed by atoms with Gasteiger partial charge < -0.3 is 4.42 Å². The highest BCUT2D eigenvalue weighted by molar-refractivity contribution is 14.1. The van der Waals surface area contributed by atoms with E-state index in [0.29, 0.717) is 5.89 Å². The molecule has 0 radical (unpaired) electrons.